The number of urea groups is 1. The first-order valence-corrected chi connectivity index (χ1v) is 11.4. The highest BCUT2D eigenvalue weighted by atomic mass is 16.5. The highest BCUT2D eigenvalue weighted by molar-refractivity contribution is 6.07. The van der Waals surface area contributed by atoms with Crippen LogP contribution in [0.25, 0.3) is 0 Å². The number of aliphatic hydroxyl groups excluding tert-OH is 1. The summed E-state index contributed by atoms with van der Waals surface area (Å²) in [6.07, 6.45) is 1.83. The van der Waals surface area contributed by atoms with Crippen LogP contribution in [0.5, 0.6) is 0 Å². The molecule has 2 aromatic carbocycles. The SMILES string of the molecule is Cc1ccccc1[C@@H](OC[C@@H](O)CN1C(=O)NC2(CCC(C)CC2)C1=O)c1ccccc1. The Morgan fingerprint density at radius 2 is 1.75 bits per heavy atom. The maximum atomic E-state index is 13.1. The normalized spacial score (nSPS) is 25.1. The van der Waals surface area contributed by atoms with E-state index in [4.69, 9.17) is 4.74 Å². The molecular formula is C26H32N2O4. The van der Waals surface area contributed by atoms with Crippen molar-refractivity contribution in [1.82, 2.24) is 10.2 Å². The molecular weight excluding hydrogens is 404 g/mol. The summed E-state index contributed by atoms with van der Waals surface area (Å²) in [7, 11) is 0. The molecule has 1 aliphatic carbocycles. The van der Waals surface area contributed by atoms with Crippen LogP contribution in [-0.2, 0) is 9.53 Å². The van der Waals surface area contributed by atoms with Gasteiger partial charge in [0.2, 0.25) is 0 Å². The fourth-order valence-electron chi connectivity index (χ4n) is 4.78. The predicted molar refractivity (Wildman–Crippen MR) is 122 cm³/mol. The minimum Gasteiger partial charge on any atom is -0.389 e. The molecule has 2 fully saturated rings. The molecule has 1 saturated carbocycles. The standard InChI is InChI=1S/C26H32N2O4/c1-18-12-14-26(15-13-18)24(30)28(25(31)27-26)16-21(29)17-32-23(20-9-4-3-5-10-20)22-11-7-6-8-19(22)2/h3-11,18,21,23,29H,12-17H2,1-2H3,(H,27,31)/t18?,21-,23-,26?/m0/s1. The quantitative estimate of drug-likeness (QED) is 0.644. The predicted octanol–water partition coefficient (Wildman–Crippen LogP) is 3.96. The molecule has 6 heteroatoms. The second-order valence-electron chi connectivity index (χ2n) is 9.25. The summed E-state index contributed by atoms with van der Waals surface area (Å²) in [5.41, 5.74) is 2.31. The number of benzene rings is 2. The first kappa shape index (κ1) is 22.5. The topological polar surface area (TPSA) is 78.9 Å². The molecule has 0 bridgehead atoms. The number of nitrogens with zero attached hydrogens (tertiary/aromatic N) is 1. The van der Waals surface area contributed by atoms with E-state index < -0.39 is 17.7 Å². The number of nitrogens with one attached hydrogen (secondary N) is 1. The van der Waals surface area contributed by atoms with Gasteiger partial charge in [-0.15, -0.1) is 0 Å². The summed E-state index contributed by atoms with van der Waals surface area (Å²) in [4.78, 5) is 26.8. The van der Waals surface area contributed by atoms with Crippen LogP contribution in [-0.4, -0.2) is 46.7 Å². The summed E-state index contributed by atoms with van der Waals surface area (Å²) >= 11 is 0. The number of hydrogen-bond donors (Lipinski definition) is 2. The van der Waals surface area contributed by atoms with Gasteiger partial charge in [0.05, 0.1) is 19.3 Å². The smallest absolute Gasteiger partial charge is 0.325 e. The highest BCUT2D eigenvalue weighted by Crippen LogP contribution is 2.36. The molecule has 0 unspecified atom stereocenters. The monoisotopic (exact) mass is 436 g/mol. The van der Waals surface area contributed by atoms with Crippen molar-refractivity contribution < 1.29 is 19.4 Å². The van der Waals surface area contributed by atoms with Crippen LogP contribution in [0.15, 0.2) is 54.6 Å². The molecule has 3 amide bonds. The summed E-state index contributed by atoms with van der Waals surface area (Å²) in [6, 6.07) is 17.4. The number of carbonyl (C=O) groups is 2. The first-order chi connectivity index (χ1) is 15.4. The van der Waals surface area contributed by atoms with Gasteiger partial charge >= 0.3 is 6.03 Å². The Morgan fingerprint density at radius 1 is 1.09 bits per heavy atom. The Hall–Kier alpha value is -2.70. The molecule has 0 aromatic heterocycles. The van der Waals surface area contributed by atoms with Crippen LogP contribution < -0.4 is 5.32 Å². The van der Waals surface area contributed by atoms with Crippen LogP contribution >= 0.6 is 0 Å². The van der Waals surface area contributed by atoms with Crippen molar-refractivity contribution in [2.75, 3.05) is 13.2 Å². The average molecular weight is 437 g/mol. The number of β-amino-alcohol motifs (C(OH)–C–C–N with tert-alkyl or cyclic N) is 1. The molecule has 6 nitrogen and oxygen atoms in total. The van der Waals surface area contributed by atoms with Gasteiger partial charge in [-0.25, -0.2) is 4.79 Å². The van der Waals surface area contributed by atoms with E-state index in [1.54, 1.807) is 0 Å². The Kier molecular flexibility index (Phi) is 6.63. The third kappa shape index (κ3) is 4.57. The molecule has 2 atom stereocenters. The Balaban J connectivity index is 1.43. The number of aliphatic hydroxyl groups is 1. The fourth-order valence-corrected chi connectivity index (χ4v) is 4.78. The van der Waals surface area contributed by atoms with E-state index in [0.29, 0.717) is 18.8 Å². The molecule has 2 aliphatic rings. The molecule has 2 N–H and O–H groups in total. The fraction of sp³-hybridized carbons (Fsp3) is 0.462. The lowest BCUT2D eigenvalue weighted by Gasteiger charge is -2.33. The van der Waals surface area contributed by atoms with Crippen molar-refractivity contribution in [3.63, 3.8) is 0 Å². The lowest BCUT2D eigenvalue weighted by molar-refractivity contribution is -0.134. The van der Waals surface area contributed by atoms with E-state index in [1.807, 2.05) is 61.5 Å². The van der Waals surface area contributed by atoms with E-state index >= 15 is 0 Å². The van der Waals surface area contributed by atoms with E-state index in [1.165, 1.54) is 0 Å². The molecule has 1 saturated heterocycles. The summed E-state index contributed by atoms with van der Waals surface area (Å²) < 4.78 is 6.17. The lowest BCUT2D eigenvalue weighted by atomic mass is 9.77. The molecule has 0 radical (unpaired) electrons. The van der Waals surface area contributed by atoms with Gasteiger partial charge in [-0.1, -0.05) is 61.5 Å². The van der Waals surface area contributed by atoms with Crippen molar-refractivity contribution in [3.05, 3.63) is 71.3 Å². The third-order valence-electron chi connectivity index (χ3n) is 6.80. The summed E-state index contributed by atoms with van der Waals surface area (Å²) in [5.74, 6) is 0.349. The van der Waals surface area contributed by atoms with Crippen LogP contribution in [0, 0.1) is 12.8 Å². The zero-order valence-corrected chi connectivity index (χ0v) is 18.8. The maximum absolute atomic E-state index is 13.1. The van der Waals surface area contributed by atoms with Gasteiger partial charge in [0.1, 0.15) is 11.6 Å². The summed E-state index contributed by atoms with van der Waals surface area (Å²) in [5, 5.41) is 13.6. The van der Waals surface area contributed by atoms with E-state index in [-0.39, 0.29) is 25.2 Å². The van der Waals surface area contributed by atoms with Gasteiger partial charge < -0.3 is 15.2 Å². The highest BCUT2D eigenvalue weighted by Gasteiger charge is 2.52. The first-order valence-electron chi connectivity index (χ1n) is 11.4. The summed E-state index contributed by atoms with van der Waals surface area (Å²) in [6.45, 7) is 4.14. The van der Waals surface area contributed by atoms with Gasteiger partial charge in [-0.3, -0.25) is 9.69 Å². The van der Waals surface area contributed by atoms with E-state index in [2.05, 4.69) is 12.2 Å². The van der Waals surface area contributed by atoms with Crippen molar-refractivity contribution in [2.45, 2.75) is 57.3 Å². The number of imide groups is 1. The molecule has 32 heavy (non-hydrogen) atoms. The van der Waals surface area contributed by atoms with E-state index in [9.17, 15) is 14.7 Å². The lowest BCUT2D eigenvalue weighted by Crippen LogP contribution is -2.49. The van der Waals surface area contributed by atoms with Gasteiger partial charge in [0, 0.05) is 0 Å². The van der Waals surface area contributed by atoms with Crippen molar-refractivity contribution in [3.8, 4) is 0 Å². The van der Waals surface area contributed by atoms with Crippen molar-refractivity contribution >= 4 is 11.9 Å². The van der Waals surface area contributed by atoms with Crippen LogP contribution in [0.3, 0.4) is 0 Å². The zero-order valence-electron chi connectivity index (χ0n) is 18.8. The Labute approximate surface area is 189 Å². The Bertz CT molecular complexity index is 953. The number of ether oxygens (including phenoxy) is 1. The second kappa shape index (κ2) is 9.43. The van der Waals surface area contributed by atoms with Crippen molar-refractivity contribution in [1.29, 1.82) is 0 Å². The van der Waals surface area contributed by atoms with Crippen LogP contribution in [0.4, 0.5) is 4.79 Å². The molecule has 1 heterocycles. The van der Waals surface area contributed by atoms with Gasteiger partial charge in [0.15, 0.2) is 0 Å². The molecule has 2 aromatic rings. The Morgan fingerprint density at radius 3 is 2.44 bits per heavy atom. The third-order valence-corrected chi connectivity index (χ3v) is 6.80. The number of hydrogen-bond acceptors (Lipinski definition) is 4. The van der Waals surface area contributed by atoms with E-state index in [0.717, 1.165) is 34.4 Å². The van der Waals surface area contributed by atoms with Gasteiger partial charge in [0.25, 0.3) is 5.91 Å². The number of aryl methyl sites for hydroxylation is 1. The van der Waals surface area contributed by atoms with Gasteiger partial charge in [-0.05, 0) is 55.2 Å². The minimum absolute atomic E-state index is 0.00892. The number of rotatable bonds is 7. The molecule has 170 valence electrons. The molecule has 4 rings (SSSR count). The van der Waals surface area contributed by atoms with Crippen LogP contribution in [0.1, 0.15) is 55.4 Å². The van der Waals surface area contributed by atoms with Gasteiger partial charge in [-0.2, -0.15) is 0 Å². The molecule has 1 spiro atoms. The molecule has 1 aliphatic heterocycles. The largest absolute Gasteiger partial charge is 0.389 e. The van der Waals surface area contributed by atoms with Crippen molar-refractivity contribution in [2.24, 2.45) is 5.92 Å². The maximum Gasteiger partial charge on any atom is 0.325 e. The number of carbonyl (C=O) groups excluding carboxylic acids is 2. The second-order valence-corrected chi connectivity index (χ2v) is 9.25. The minimum atomic E-state index is -0.974. The number of amides is 3. The zero-order chi connectivity index (χ0) is 22.7. The average Bonchev–Trinajstić information content (AvgIpc) is 3.02. The van der Waals surface area contributed by atoms with Crippen LogP contribution in [0.2, 0.25) is 0 Å².